The summed E-state index contributed by atoms with van der Waals surface area (Å²) in [6, 6.07) is 1.29. The summed E-state index contributed by atoms with van der Waals surface area (Å²) in [6.45, 7) is 2.61. The fraction of sp³-hybridized carbons (Fsp3) is 0.364. The zero-order valence-corrected chi connectivity index (χ0v) is 10.1. The van der Waals surface area contributed by atoms with Crippen LogP contribution in [0, 0.1) is 0 Å². The number of nitrogens with zero attached hydrogens (tertiary/aromatic N) is 1. The quantitative estimate of drug-likeness (QED) is 0.578. The summed E-state index contributed by atoms with van der Waals surface area (Å²) in [5.41, 5.74) is 5.83. The third-order valence-electron chi connectivity index (χ3n) is 2.15. The molecule has 0 bridgehead atoms. The van der Waals surface area contributed by atoms with E-state index in [1.54, 1.807) is 0 Å². The highest BCUT2D eigenvalue weighted by molar-refractivity contribution is 5.89. The van der Waals surface area contributed by atoms with Gasteiger partial charge in [-0.05, 0) is 12.5 Å². The maximum Gasteiger partial charge on any atom is 0.337 e. The monoisotopic (exact) mass is 252 g/mol. The molecule has 1 aromatic rings. The number of nitrogens with one attached hydrogen (secondary N) is 2. The van der Waals surface area contributed by atoms with Gasteiger partial charge in [-0.15, -0.1) is 0 Å². The van der Waals surface area contributed by atoms with Crippen molar-refractivity contribution in [3.05, 3.63) is 17.8 Å². The molecule has 5 N–H and O–H groups in total. The van der Waals surface area contributed by atoms with Gasteiger partial charge < -0.3 is 21.5 Å². The first kappa shape index (κ1) is 13.8. The Labute approximate surface area is 104 Å². The number of anilines is 2. The van der Waals surface area contributed by atoms with Crippen LogP contribution < -0.4 is 16.4 Å². The number of amides is 1. The molecular weight excluding hydrogens is 236 g/mol. The highest BCUT2D eigenvalue weighted by Crippen LogP contribution is 2.15. The van der Waals surface area contributed by atoms with Crippen LogP contribution in [0.3, 0.4) is 0 Å². The number of carbonyl (C=O) groups is 2. The smallest absolute Gasteiger partial charge is 0.337 e. The van der Waals surface area contributed by atoms with Crippen LogP contribution in [0.15, 0.2) is 12.3 Å². The van der Waals surface area contributed by atoms with Crippen LogP contribution in [0.1, 0.15) is 23.7 Å². The predicted octanol–water partition coefficient (Wildman–Crippen LogP) is 0.300. The van der Waals surface area contributed by atoms with Gasteiger partial charge in [0.15, 0.2) is 0 Å². The number of carbonyl (C=O) groups excluding carboxylic acids is 1. The average Bonchev–Trinajstić information content (AvgIpc) is 2.34. The number of carboxylic acid groups (broad SMARTS) is 1. The van der Waals surface area contributed by atoms with E-state index in [2.05, 4.69) is 15.6 Å². The van der Waals surface area contributed by atoms with Gasteiger partial charge in [0.25, 0.3) is 0 Å². The molecule has 0 radical (unpaired) electrons. The van der Waals surface area contributed by atoms with E-state index in [0.29, 0.717) is 12.4 Å². The van der Waals surface area contributed by atoms with Gasteiger partial charge in [0.05, 0.1) is 17.8 Å². The molecule has 98 valence electrons. The summed E-state index contributed by atoms with van der Waals surface area (Å²) < 4.78 is 0. The minimum absolute atomic E-state index is 0.00786. The van der Waals surface area contributed by atoms with Gasteiger partial charge in [0.2, 0.25) is 5.91 Å². The Bertz CT molecular complexity index is 448. The molecule has 0 aliphatic rings. The summed E-state index contributed by atoms with van der Waals surface area (Å²) in [5.74, 6) is -0.964. The molecule has 0 saturated carbocycles. The van der Waals surface area contributed by atoms with Crippen LogP contribution in [0.2, 0.25) is 0 Å². The van der Waals surface area contributed by atoms with E-state index in [-0.39, 0.29) is 23.7 Å². The van der Waals surface area contributed by atoms with Crippen molar-refractivity contribution in [2.75, 3.05) is 24.1 Å². The second-order valence-electron chi connectivity index (χ2n) is 3.67. The zero-order valence-electron chi connectivity index (χ0n) is 10.1. The van der Waals surface area contributed by atoms with Gasteiger partial charge >= 0.3 is 5.97 Å². The highest BCUT2D eigenvalue weighted by Gasteiger charge is 2.08. The minimum Gasteiger partial charge on any atom is -0.478 e. The lowest BCUT2D eigenvalue weighted by Gasteiger charge is -2.08. The van der Waals surface area contributed by atoms with Gasteiger partial charge in [-0.2, -0.15) is 0 Å². The third-order valence-corrected chi connectivity index (χ3v) is 2.15. The van der Waals surface area contributed by atoms with Crippen LogP contribution in [0.25, 0.3) is 0 Å². The minimum atomic E-state index is -1.10. The predicted molar refractivity (Wildman–Crippen MR) is 67.4 cm³/mol. The second-order valence-corrected chi connectivity index (χ2v) is 3.67. The van der Waals surface area contributed by atoms with Crippen molar-refractivity contribution < 1.29 is 14.7 Å². The highest BCUT2D eigenvalue weighted by atomic mass is 16.4. The molecule has 7 heteroatoms. The van der Waals surface area contributed by atoms with E-state index in [4.69, 9.17) is 10.8 Å². The van der Waals surface area contributed by atoms with Crippen LogP contribution in [-0.4, -0.2) is 35.1 Å². The van der Waals surface area contributed by atoms with Crippen LogP contribution in [0.4, 0.5) is 11.5 Å². The van der Waals surface area contributed by atoms with Gasteiger partial charge in [-0.3, -0.25) is 4.79 Å². The number of hydrogen-bond donors (Lipinski definition) is 4. The van der Waals surface area contributed by atoms with E-state index >= 15 is 0 Å². The van der Waals surface area contributed by atoms with Gasteiger partial charge in [0.1, 0.15) is 5.82 Å². The molecule has 0 aliphatic heterocycles. The molecule has 0 fully saturated rings. The topological polar surface area (TPSA) is 117 Å². The molecule has 0 unspecified atom stereocenters. The number of nitrogen functional groups attached to an aromatic ring is 1. The van der Waals surface area contributed by atoms with E-state index in [0.717, 1.165) is 6.42 Å². The van der Waals surface area contributed by atoms with Crippen LogP contribution in [0.5, 0.6) is 0 Å². The molecule has 1 amide bonds. The Morgan fingerprint density at radius 2 is 2.22 bits per heavy atom. The van der Waals surface area contributed by atoms with Crippen molar-refractivity contribution >= 4 is 23.4 Å². The molecule has 0 atom stereocenters. The molecule has 7 nitrogen and oxygen atoms in total. The van der Waals surface area contributed by atoms with E-state index in [1.165, 1.54) is 12.3 Å². The lowest BCUT2D eigenvalue weighted by atomic mass is 10.2. The maximum atomic E-state index is 11.3. The van der Waals surface area contributed by atoms with Gasteiger partial charge in [0, 0.05) is 12.7 Å². The maximum absolute atomic E-state index is 11.3. The Hall–Kier alpha value is -2.31. The van der Waals surface area contributed by atoms with Crippen molar-refractivity contribution in [1.29, 1.82) is 0 Å². The molecule has 0 saturated heterocycles. The van der Waals surface area contributed by atoms with Crippen molar-refractivity contribution in [3.8, 4) is 0 Å². The normalized spacial score (nSPS) is 9.83. The summed E-state index contributed by atoms with van der Waals surface area (Å²) in [4.78, 5) is 25.8. The lowest BCUT2D eigenvalue weighted by Crippen LogP contribution is -2.30. The zero-order chi connectivity index (χ0) is 13.5. The van der Waals surface area contributed by atoms with Crippen molar-refractivity contribution in [2.24, 2.45) is 0 Å². The van der Waals surface area contributed by atoms with Crippen molar-refractivity contribution in [3.63, 3.8) is 0 Å². The molecule has 0 spiro atoms. The first-order valence-electron chi connectivity index (χ1n) is 5.54. The summed E-state index contributed by atoms with van der Waals surface area (Å²) >= 11 is 0. The average molecular weight is 252 g/mol. The Morgan fingerprint density at radius 3 is 2.78 bits per heavy atom. The lowest BCUT2D eigenvalue weighted by molar-refractivity contribution is -0.119. The van der Waals surface area contributed by atoms with Crippen molar-refractivity contribution in [2.45, 2.75) is 13.3 Å². The summed E-state index contributed by atoms with van der Waals surface area (Å²) in [7, 11) is 0. The number of rotatable bonds is 6. The summed E-state index contributed by atoms with van der Waals surface area (Å²) in [6.07, 6.45) is 2.05. The van der Waals surface area contributed by atoms with Crippen LogP contribution >= 0.6 is 0 Å². The molecule has 18 heavy (non-hydrogen) atoms. The molecule has 1 aromatic heterocycles. The summed E-state index contributed by atoms with van der Waals surface area (Å²) in [5, 5.41) is 14.2. The standard InChI is InChI=1S/C11H16N4O3/c1-2-3-13-9(16)6-15-10-8(12)4-7(5-14-10)11(17)18/h4-5H,2-3,6,12H2,1H3,(H,13,16)(H,14,15)(H,17,18). The molecule has 1 rings (SSSR count). The number of nitrogens with two attached hydrogens (primary N) is 1. The largest absolute Gasteiger partial charge is 0.478 e. The van der Waals surface area contributed by atoms with Gasteiger partial charge in [-0.1, -0.05) is 6.92 Å². The molecule has 1 heterocycles. The first-order chi connectivity index (χ1) is 8.54. The van der Waals surface area contributed by atoms with E-state index in [9.17, 15) is 9.59 Å². The van der Waals surface area contributed by atoms with Crippen molar-refractivity contribution in [1.82, 2.24) is 10.3 Å². The fourth-order valence-electron chi connectivity index (χ4n) is 1.24. The molecular formula is C11H16N4O3. The van der Waals surface area contributed by atoms with Gasteiger partial charge in [-0.25, -0.2) is 9.78 Å². The molecule has 0 aromatic carbocycles. The third kappa shape index (κ3) is 3.93. The first-order valence-corrected chi connectivity index (χ1v) is 5.54. The van der Waals surface area contributed by atoms with E-state index in [1.807, 2.05) is 6.92 Å². The number of aromatic carboxylic acids is 1. The molecule has 0 aliphatic carbocycles. The number of carboxylic acids is 1. The Kier molecular flexibility index (Phi) is 4.91. The van der Waals surface area contributed by atoms with Crippen LogP contribution in [-0.2, 0) is 4.79 Å². The van der Waals surface area contributed by atoms with E-state index < -0.39 is 5.97 Å². The SMILES string of the molecule is CCCNC(=O)CNc1ncc(C(=O)O)cc1N. The fourth-order valence-corrected chi connectivity index (χ4v) is 1.24. The Balaban J connectivity index is 2.58. The Morgan fingerprint density at radius 1 is 1.50 bits per heavy atom. The number of pyridine rings is 1. The number of hydrogen-bond acceptors (Lipinski definition) is 5. The number of aromatic nitrogens is 1. The second kappa shape index (κ2) is 6.43.